The molecule has 1 aliphatic heterocycles. The predicted octanol–water partition coefficient (Wildman–Crippen LogP) is 6.57. The first kappa shape index (κ1) is 27.4. The molecular formula is C29H36BrN3O4. The first-order valence-electron chi connectivity index (χ1n) is 12.6. The van der Waals surface area contributed by atoms with E-state index in [9.17, 15) is 9.90 Å². The number of carbonyl (C=O) groups is 1. The number of aliphatic carboxylic acids is 1. The number of halogens is 1. The summed E-state index contributed by atoms with van der Waals surface area (Å²) in [5.74, 6) is -0.201. The average molecular weight is 571 g/mol. The van der Waals surface area contributed by atoms with Crippen molar-refractivity contribution in [1.29, 1.82) is 0 Å². The van der Waals surface area contributed by atoms with E-state index in [1.807, 2.05) is 68.6 Å². The van der Waals surface area contributed by atoms with E-state index in [4.69, 9.17) is 14.5 Å². The zero-order valence-corrected chi connectivity index (χ0v) is 23.8. The number of carboxylic acids is 1. The minimum absolute atomic E-state index is 0.252. The van der Waals surface area contributed by atoms with Crippen LogP contribution < -0.4 is 4.90 Å². The van der Waals surface area contributed by atoms with Crippen LogP contribution in [-0.4, -0.2) is 51.4 Å². The van der Waals surface area contributed by atoms with Crippen molar-refractivity contribution in [3.8, 4) is 11.3 Å². The fourth-order valence-electron chi connectivity index (χ4n) is 4.86. The summed E-state index contributed by atoms with van der Waals surface area (Å²) < 4.78 is 15.2. The summed E-state index contributed by atoms with van der Waals surface area (Å²) in [5.41, 5.74) is 3.16. The highest BCUT2D eigenvalue weighted by Gasteiger charge is 2.37. The van der Waals surface area contributed by atoms with Crippen LogP contribution in [0.25, 0.3) is 16.9 Å². The summed E-state index contributed by atoms with van der Waals surface area (Å²) in [6, 6.07) is 9.96. The number of anilines is 1. The topological polar surface area (TPSA) is 76.3 Å². The van der Waals surface area contributed by atoms with Crippen LogP contribution in [0.5, 0.6) is 0 Å². The monoisotopic (exact) mass is 569 g/mol. The summed E-state index contributed by atoms with van der Waals surface area (Å²) in [5, 5.41) is 10.3. The summed E-state index contributed by atoms with van der Waals surface area (Å²) in [4.78, 5) is 19.8. The molecule has 198 valence electrons. The number of pyridine rings is 1. The summed E-state index contributed by atoms with van der Waals surface area (Å²) >= 11 is 3.55. The molecule has 1 saturated heterocycles. The lowest BCUT2D eigenvalue weighted by Crippen LogP contribution is -2.45. The maximum Gasteiger partial charge on any atom is 0.337 e. The molecule has 8 heteroatoms. The van der Waals surface area contributed by atoms with Crippen LogP contribution >= 0.6 is 15.9 Å². The molecule has 3 aromatic rings. The molecule has 1 aromatic carbocycles. The molecule has 1 fully saturated rings. The van der Waals surface area contributed by atoms with Gasteiger partial charge in [0.2, 0.25) is 0 Å². The van der Waals surface area contributed by atoms with Crippen molar-refractivity contribution >= 4 is 33.4 Å². The van der Waals surface area contributed by atoms with Crippen molar-refractivity contribution < 1.29 is 19.4 Å². The number of fused-ring (bicyclic) bond motifs is 1. The molecule has 3 heterocycles. The van der Waals surface area contributed by atoms with Crippen LogP contribution in [0, 0.1) is 6.92 Å². The van der Waals surface area contributed by atoms with Gasteiger partial charge >= 0.3 is 5.97 Å². The fraction of sp³-hybridized carbons (Fsp3) is 0.448. The van der Waals surface area contributed by atoms with Gasteiger partial charge in [-0.3, -0.25) is 4.40 Å². The molecule has 0 saturated carbocycles. The van der Waals surface area contributed by atoms with Gasteiger partial charge in [-0.15, -0.1) is 6.58 Å². The van der Waals surface area contributed by atoms with Crippen molar-refractivity contribution in [1.82, 2.24) is 9.38 Å². The van der Waals surface area contributed by atoms with Gasteiger partial charge in [0.05, 0.1) is 23.5 Å². The number of piperidine rings is 1. The van der Waals surface area contributed by atoms with Crippen LogP contribution in [0.3, 0.4) is 0 Å². The molecular weight excluding hydrogens is 534 g/mol. The first-order chi connectivity index (χ1) is 17.4. The number of rotatable bonds is 8. The number of nitrogens with zero attached hydrogens (tertiary/aromatic N) is 3. The van der Waals surface area contributed by atoms with E-state index in [-0.39, 0.29) is 5.60 Å². The second-order valence-corrected chi connectivity index (χ2v) is 11.8. The Bertz CT molecular complexity index is 1300. The highest BCUT2D eigenvalue weighted by atomic mass is 79.9. The molecule has 0 amide bonds. The molecule has 2 aromatic heterocycles. The SMILES string of the molecule is C=CCOC1(C)CCN(c2c(C(OC(C)(C)C)C(=O)O)c(C)cc3nc(-c4cccc(Br)c4)cn23)CC1. The Hall–Kier alpha value is -2.68. The van der Waals surface area contributed by atoms with Crippen molar-refractivity contribution in [2.24, 2.45) is 0 Å². The van der Waals surface area contributed by atoms with Crippen molar-refractivity contribution in [3.63, 3.8) is 0 Å². The van der Waals surface area contributed by atoms with Gasteiger partial charge in [0.1, 0.15) is 11.5 Å². The van der Waals surface area contributed by atoms with Gasteiger partial charge in [-0.05, 0) is 71.2 Å². The Kier molecular flexibility index (Phi) is 7.83. The average Bonchev–Trinajstić information content (AvgIpc) is 3.24. The predicted molar refractivity (Wildman–Crippen MR) is 150 cm³/mol. The van der Waals surface area contributed by atoms with E-state index in [1.165, 1.54) is 0 Å². The van der Waals surface area contributed by atoms with E-state index < -0.39 is 17.7 Å². The summed E-state index contributed by atoms with van der Waals surface area (Å²) in [7, 11) is 0. The third-order valence-electron chi connectivity index (χ3n) is 6.72. The van der Waals surface area contributed by atoms with Gasteiger partial charge in [0.15, 0.2) is 6.10 Å². The Morgan fingerprint density at radius 1 is 1.30 bits per heavy atom. The van der Waals surface area contributed by atoms with Gasteiger partial charge in [0, 0.05) is 34.9 Å². The molecule has 4 rings (SSSR count). The number of aromatic nitrogens is 2. The molecule has 1 atom stereocenters. The quantitative estimate of drug-likeness (QED) is 0.309. The van der Waals surface area contributed by atoms with Crippen LogP contribution in [0.15, 0.2) is 53.7 Å². The minimum Gasteiger partial charge on any atom is -0.479 e. The zero-order valence-electron chi connectivity index (χ0n) is 22.3. The standard InChI is InChI=1S/C29H36BrN3O4/c1-7-15-36-29(6)11-13-32(14-12-29)26-24(25(27(34)35)37-28(3,4)5)19(2)16-23-31-22(18-33(23)26)20-9-8-10-21(30)17-20/h7-10,16-18,25H,1,11-15H2,2-6H3,(H,34,35). The number of aryl methyl sites for hydroxylation is 1. The van der Waals surface area contributed by atoms with Crippen LogP contribution in [0.4, 0.5) is 5.82 Å². The van der Waals surface area contributed by atoms with Gasteiger partial charge in [-0.25, -0.2) is 9.78 Å². The highest BCUT2D eigenvalue weighted by Crippen LogP contribution is 2.39. The molecule has 0 aliphatic carbocycles. The highest BCUT2D eigenvalue weighted by molar-refractivity contribution is 9.10. The Balaban J connectivity index is 1.87. The van der Waals surface area contributed by atoms with Crippen LogP contribution in [0.2, 0.25) is 0 Å². The van der Waals surface area contributed by atoms with Crippen molar-refractivity contribution in [2.75, 3.05) is 24.6 Å². The number of carboxylic acid groups (broad SMARTS) is 1. The first-order valence-corrected chi connectivity index (χ1v) is 13.4. The van der Waals surface area contributed by atoms with E-state index in [0.717, 1.165) is 45.6 Å². The van der Waals surface area contributed by atoms with E-state index >= 15 is 0 Å². The molecule has 1 N–H and O–H groups in total. The lowest BCUT2D eigenvalue weighted by atomic mass is 9.92. The summed E-state index contributed by atoms with van der Waals surface area (Å²) in [6.45, 7) is 15.4. The van der Waals surface area contributed by atoms with Gasteiger partial charge in [-0.2, -0.15) is 0 Å². The number of imidazole rings is 1. The van der Waals surface area contributed by atoms with Crippen LogP contribution in [0.1, 0.15) is 57.8 Å². The maximum absolute atomic E-state index is 12.6. The lowest BCUT2D eigenvalue weighted by molar-refractivity contribution is -0.160. The molecule has 1 aliphatic rings. The van der Waals surface area contributed by atoms with Crippen LogP contribution in [-0.2, 0) is 14.3 Å². The third kappa shape index (κ3) is 6.08. The second kappa shape index (κ2) is 10.6. The Morgan fingerprint density at radius 2 is 2.00 bits per heavy atom. The Labute approximate surface area is 227 Å². The van der Waals surface area contributed by atoms with Gasteiger partial charge in [0.25, 0.3) is 0 Å². The van der Waals surface area contributed by atoms with Crippen molar-refractivity contribution in [2.45, 2.75) is 64.8 Å². The molecule has 0 bridgehead atoms. The minimum atomic E-state index is -1.12. The summed E-state index contributed by atoms with van der Waals surface area (Å²) in [6.07, 6.45) is 4.26. The van der Waals surface area contributed by atoms with Gasteiger partial charge in [-0.1, -0.05) is 34.1 Å². The van der Waals surface area contributed by atoms with Gasteiger partial charge < -0.3 is 19.5 Å². The molecule has 0 spiro atoms. The molecule has 37 heavy (non-hydrogen) atoms. The second-order valence-electron chi connectivity index (χ2n) is 10.9. The smallest absolute Gasteiger partial charge is 0.337 e. The fourth-order valence-corrected chi connectivity index (χ4v) is 5.26. The Morgan fingerprint density at radius 3 is 2.59 bits per heavy atom. The number of hydrogen-bond donors (Lipinski definition) is 1. The molecule has 0 radical (unpaired) electrons. The van der Waals surface area contributed by atoms with E-state index in [1.54, 1.807) is 6.08 Å². The normalized spacial score (nSPS) is 16.6. The zero-order chi connectivity index (χ0) is 27.0. The maximum atomic E-state index is 12.6. The number of ether oxygens (including phenoxy) is 2. The molecule has 7 nitrogen and oxygen atoms in total. The van der Waals surface area contributed by atoms with E-state index in [0.29, 0.717) is 25.3 Å². The third-order valence-corrected chi connectivity index (χ3v) is 7.21. The number of benzene rings is 1. The van der Waals surface area contributed by atoms with Crippen molar-refractivity contribution in [3.05, 3.63) is 64.8 Å². The van der Waals surface area contributed by atoms with E-state index in [2.05, 4.69) is 34.3 Å². The number of hydrogen-bond acceptors (Lipinski definition) is 5. The molecule has 1 unspecified atom stereocenters. The largest absolute Gasteiger partial charge is 0.479 e. The lowest BCUT2D eigenvalue weighted by Gasteiger charge is -2.41.